The SMILES string of the molecule is CC(C)(O)O.CC1CN(C(=O)OC(C)(C)C)CCC1C1CCC(n2cc(-c3nc(Cc4ccccc4)cs3)c3c(N)ncnc32)C1. The van der Waals surface area contributed by atoms with Crippen LogP contribution in [0.1, 0.15) is 84.5 Å². The number of anilines is 1. The Bertz CT molecular complexity index is 1620. The van der Waals surface area contributed by atoms with Crippen molar-refractivity contribution in [2.24, 2.45) is 17.8 Å². The molecule has 1 aliphatic heterocycles. The van der Waals surface area contributed by atoms with Crippen LogP contribution in [0, 0.1) is 17.8 Å². The molecule has 0 spiro atoms. The number of rotatable bonds is 5. The minimum Gasteiger partial charge on any atom is -0.444 e. The monoisotopic (exact) mass is 648 g/mol. The van der Waals surface area contributed by atoms with Gasteiger partial charge in [0, 0.05) is 42.7 Å². The summed E-state index contributed by atoms with van der Waals surface area (Å²) in [4.78, 5) is 28.6. The number of ether oxygens (including phenoxy) is 1. The summed E-state index contributed by atoms with van der Waals surface area (Å²) in [6.45, 7) is 12.2. The molecule has 4 N–H and O–H groups in total. The Balaban J connectivity index is 0.000000775. The van der Waals surface area contributed by atoms with Gasteiger partial charge in [-0.1, -0.05) is 37.3 Å². The Kier molecular flexibility index (Phi) is 10.0. The Morgan fingerprint density at radius 1 is 1.09 bits per heavy atom. The summed E-state index contributed by atoms with van der Waals surface area (Å²) >= 11 is 1.65. The van der Waals surface area contributed by atoms with E-state index in [9.17, 15) is 4.79 Å². The van der Waals surface area contributed by atoms with E-state index in [0.717, 1.165) is 66.1 Å². The third kappa shape index (κ3) is 8.43. The summed E-state index contributed by atoms with van der Waals surface area (Å²) in [5, 5.41) is 20.1. The zero-order chi connectivity index (χ0) is 33.2. The van der Waals surface area contributed by atoms with Gasteiger partial charge in [-0.25, -0.2) is 19.7 Å². The van der Waals surface area contributed by atoms with Crippen LogP contribution in [0.5, 0.6) is 0 Å². The molecule has 4 aromatic rings. The predicted octanol–water partition coefficient (Wildman–Crippen LogP) is 6.67. The van der Waals surface area contributed by atoms with Crippen LogP contribution in [0.25, 0.3) is 21.6 Å². The highest BCUT2D eigenvalue weighted by molar-refractivity contribution is 7.13. The predicted molar refractivity (Wildman–Crippen MR) is 182 cm³/mol. The zero-order valence-electron chi connectivity index (χ0n) is 27.8. The fourth-order valence-electron chi connectivity index (χ4n) is 6.86. The molecule has 1 amide bonds. The van der Waals surface area contributed by atoms with Crippen molar-refractivity contribution in [2.75, 3.05) is 18.8 Å². The van der Waals surface area contributed by atoms with Crippen molar-refractivity contribution < 1.29 is 19.7 Å². The van der Waals surface area contributed by atoms with Gasteiger partial charge in [-0.05, 0) is 83.6 Å². The van der Waals surface area contributed by atoms with Crippen LogP contribution in [0.3, 0.4) is 0 Å². The van der Waals surface area contributed by atoms with Crippen molar-refractivity contribution in [2.45, 2.75) is 91.1 Å². The molecule has 2 fully saturated rings. The van der Waals surface area contributed by atoms with Gasteiger partial charge in [0.1, 0.15) is 28.4 Å². The summed E-state index contributed by atoms with van der Waals surface area (Å²) in [6.07, 6.45) is 8.80. The van der Waals surface area contributed by atoms with Crippen molar-refractivity contribution in [3.05, 3.63) is 59.5 Å². The van der Waals surface area contributed by atoms with E-state index in [1.807, 2.05) is 31.7 Å². The second-order valence-corrected chi connectivity index (χ2v) is 15.1. The maximum atomic E-state index is 12.7. The average molecular weight is 649 g/mol. The first-order chi connectivity index (χ1) is 21.7. The summed E-state index contributed by atoms with van der Waals surface area (Å²) < 4.78 is 7.97. The molecule has 46 heavy (non-hydrogen) atoms. The molecule has 0 radical (unpaired) electrons. The van der Waals surface area contributed by atoms with Gasteiger partial charge in [-0.15, -0.1) is 11.3 Å². The number of fused-ring (bicyclic) bond motifs is 1. The second-order valence-electron chi connectivity index (χ2n) is 14.3. The number of amides is 1. The van der Waals surface area contributed by atoms with Crippen LogP contribution >= 0.6 is 11.3 Å². The largest absolute Gasteiger partial charge is 0.444 e. The summed E-state index contributed by atoms with van der Waals surface area (Å²) in [5.74, 6) is 0.655. The van der Waals surface area contributed by atoms with Gasteiger partial charge in [0.05, 0.1) is 11.1 Å². The fraction of sp³-hybridized carbons (Fsp3) is 0.543. The maximum Gasteiger partial charge on any atom is 0.410 e. The Labute approximate surface area is 275 Å². The smallest absolute Gasteiger partial charge is 0.410 e. The minimum absolute atomic E-state index is 0.190. The van der Waals surface area contributed by atoms with Gasteiger partial charge in [0.2, 0.25) is 0 Å². The number of carbonyl (C=O) groups is 1. The van der Waals surface area contributed by atoms with Crippen molar-refractivity contribution in [1.82, 2.24) is 24.4 Å². The van der Waals surface area contributed by atoms with Crippen molar-refractivity contribution in [3.8, 4) is 10.6 Å². The van der Waals surface area contributed by atoms with E-state index in [1.54, 1.807) is 17.7 Å². The first kappa shape index (κ1) is 33.8. The Morgan fingerprint density at radius 2 is 1.80 bits per heavy atom. The van der Waals surface area contributed by atoms with Crippen molar-refractivity contribution >= 4 is 34.3 Å². The van der Waals surface area contributed by atoms with Crippen LogP contribution in [-0.2, 0) is 11.2 Å². The number of likely N-dealkylation sites (tertiary alicyclic amines) is 1. The van der Waals surface area contributed by atoms with E-state index in [-0.39, 0.29) is 6.09 Å². The third-order valence-electron chi connectivity index (χ3n) is 8.72. The fourth-order valence-corrected chi connectivity index (χ4v) is 7.69. The number of benzene rings is 1. The van der Waals surface area contributed by atoms with Crippen LogP contribution in [0.4, 0.5) is 10.6 Å². The highest BCUT2D eigenvalue weighted by Crippen LogP contribution is 2.46. The van der Waals surface area contributed by atoms with E-state index < -0.39 is 11.4 Å². The van der Waals surface area contributed by atoms with Crippen LogP contribution in [0.15, 0.2) is 48.2 Å². The molecule has 11 heteroatoms. The zero-order valence-corrected chi connectivity index (χ0v) is 28.6. The number of hydrogen-bond donors (Lipinski definition) is 3. The molecular formula is C35H48N6O4S. The first-order valence-electron chi connectivity index (χ1n) is 16.2. The van der Waals surface area contributed by atoms with Crippen molar-refractivity contribution in [1.29, 1.82) is 0 Å². The third-order valence-corrected chi connectivity index (χ3v) is 9.64. The number of nitrogens with zero attached hydrogens (tertiary/aromatic N) is 5. The van der Waals surface area contributed by atoms with E-state index >= 15 is 0 Å². The molecule has 4 unspecified atom stereocenters. The van der Waals surface area contributed by atoms with Gasteiger partial charge in [0.25, 0.3) is 0 Å². The summed E-state index contributed by atoms with van der Waals surface area (Å²) in [7, 11) is 0. The molecule has 2 aliphatic rings. The highest BCUT2D eigenvalue weighted by atomic mass is 32.1. The normalized spacial score (nSPS) is 22.0. The quantitative estimate of drug-likeness (QED) is 0.204. The molecule has 3 aromatic heterocycles. The second kappa shape index (κ2) is 13.7. The Morgan fingerprint density at radius 3 is 2.48 bits per heavy atom. The van der Waals surface area contributed by atoms with Gasteiger partial charge in [-0.3, -0.25) is 0 Å². The van der Waals surface area contributed by atoms with Crippen LogP contribution in [0.2, 0.25) is 0 Å². The average Bonchev–Trinajstić information content (AvgIpc) is 3.71. The minimum atomic E-state index is -1.50. The standard InChI is InChI=1S/C32H40N6O2S.C3H8O2/c1-20-16-37(31(39)40-32(2,3)4)13-12-25(20)22-10-11-24(15-22)38-17-26(27-28(33)34-19-35-29(27)38)30-36-23(18-41-30)14-21-8-6-5-7-9-21;1-3(2,4)5/h5-9,17-20,22,24-25H,10-16H2,1-4H3,(H2,33,34,35);4-5H,1-2H3. The number of piperidine rings is 1. The lowest BCUT2D eigenvalue weighted by Crippen LogP contribution is -2.46. The maximum absolute atomic E-state index is 12.7. The molecule has 1 aliphatic carbocycles. The lowest BCUT2D eigenvalue weighted by Gasteiger charge is -2.40. The molecule has 1 saturated heterocycles. The van der Waals surface area contributed by atoms with Crippen LogP contribution < -0.4 is 5.73 Å². The molecule has 6 rings (SSSR count). The molecule has 1 aromatic carbocycles. The topological polar surface area (TPSA) is 140 Å². The van der Waals surface area contributed by atoms with E-state index in [2.05, 4.69) is 52.3 Å². The lowest BCUT2D eigenvalue weighted by atomic mass is 9.76. The van der Waals surface area contributed by atoms with Crippen molar-refractivity contribution in [3.63, 3.8) is 0 Å². The van der Waals surface area contributed by atoms with Gasteiger partial charge >= 0.3 is 6.09 Å². The molecule has 248 valence electrons. The molecule has 1 saturated carbocycles. The van der Waals surface area contributed by atoms with E-state index in [4.69, 9.17) is 30.7 Å². The van der Waals surface area contributed by atoms with Gasteiger partial charge < -0.3 is 30.2 Å². The number of nitrogen functional groups attached to an aromatic ring is 1. The number of aliphatic hydroxyl groups is 2. The lowest BCUT2D eigenvalue weighted by molar-refractivity contribution is -0.127. The number of hydrogen-bond acceptors (Lipinski definition) is 9. The molecule has 0 bridgehead atoms. The van der Waals surface area contributed by atoms with E-state index in [1.165, 1.54) is 25.8 Å². The molecule has 4 atom stereocenters. The first-order valence-corrected chi connectivity index (χ1v) is 17.1. The molecule has 10 nitrogen and oxygen atoms in total. The van der Waals surface area contributed by atoms with Gasteiger partial charge in [-0.2, -0.15) is 0 Å². The number of carbonyl (C=O) groups excluding carboxylic acids is 1. The summed E-state index contributed by atoms with van der Waals surface area (Å²) in [6, 6.07) is 10.8. The Hall–Kier alpha value is -3.54. The highest BCUT2D eigenvalue weighted by Gasteiger charge is 2.39. The molecule has 4 heterocycles. The number of thiazole rings is 1. The number of nitrogens with two attached hydrogens (primary N) is 1. The number of aromatic nitrogens is 4. The van der Waals surface area contributed by atoms with Gasteiger partial charge in [0.15, 0.2) is 5.79 Å². The van der Waals surface area contributed by atoms with E-state index in [0.29, 0.717) is 29.6 Å². The molecular weight excluding hydrogens is 600 g/mol. The summed E-state index contributed by atoms with van der Waals surface area (Å²) in [5.41, 5.74) is 10.2. The van der Waals surface area contributed by atoms with Crippen LogP contribution in [-0.4, -0.2) is 65.2 Å².